The average Bonchev–Trinajstić information content (AvgIpc) is 3.31. The Balaban J connectivity index is 4.31. The zero-order valence-corrected chi connectivity index (χ0v) is 44.7. The second-order valence-electron chi connectivity index (χ2n) is 20.3. The maximum Gasteiger partial charge on any atom is 0.306 e. The number of carbonyl (C=O) groups is 3. The maximum absolute atomic E-state index is 12.8. The van der Waals surface area contributed by atoms with Crippen molar-refractivity contribution in [3.05, 3.63) is 12.2 Å². The van der Waals surface area contributed by atoms with Gasteiger partial charge in [-0.15, -0.1) is 0 Å². The van der Waals surface area contributed by atoms with Crippen molar-refractivity contribution in [3.63, 3.8) is 0 Å². The molecule has 6 heteroatoms. The Hall–Kier alpha value is -1.85. The van der Waals surface area contributed by atoms with Gasteiger partial charge in [0.05, 0.1) is 0 Å². The fourth-order valence-corrected chi connectivity index (χ4v) is 9.03. The van der Waals surface area contributed by atoms with Gasteiger partial charge in [-0.05, 0) is 44.9 Å². The summed E-state index contributed by atoms with van der Waals surface area (Å²) in [5.74, 6) is -0.849. The number of ether oxygens (including phenoxy) is 3. The lowest BCUT2D eigenvalue weighted by Gasteiger charge is -2.18. The number of esters is 3. The van der Waals surface area contributed by atoms with Gasteiger partial charge in [-0.2, -0.15) is 0 Å². The third kappa shape index (κ3) is 53.1. The first kappa shape index (κ1) is 64.2. The zero-order valence-electron chi connectivity index (χ0n) is 44.7. The lowest BCUT2D eigenvalue weighted by Crippen LogP contribution is -2.30. The molecule has 0 bridgehead atoms. The van der Waals surface area contributed by atoms with Gasteiger partial charge in [-0.25, -0.2) is 0 Å². The van der Waals surface area contributed by atoms with Crippen LogP contribution in [0.2, 0.25) is 0 Å². The molecule has 0 aliphatic carbocycles. The summed E-state index contributed by atoms with van der Waals surface area (Å²) in [5, 5.41) is 0. The van der Waals surface area contributed by atoms with E-state index in [1.54, 1.807) is 0 Å². The molecule has 66 heavy (non-hydrogen) atoms. The van der Waals surface area contributed by atoms with E-state index in [4.69, 9.17) is 14.2 Å². The van der Waals surface area contributed by atoms with Crippen molar-refractivity contribution in [2.45, 2.75) is 341 Å². The molecular formula is C60H114O6. The minimum absolute atomic E-state index is 0.0672. The van der Waals surface area contributed by atoms with Crippen LogP contribution >= 0.6 is 0 Å². The van der Waals surface area contributed by atoms with Crippen molar-refractivity contribution in [2.24, 2.45) is 0 Å². The molecule has 6 nitrogen and oxygen atoms in total. The van der Waals surface area contributed by atoms with Crippen molar-refractivity contribution in [1.82, 2.24) is 0 Å². The molecule has 0 amide bonds. The topological polar surface area (TPSA) is 78.9 Å². The fraction of sp³-hybridized carbons (Fsp3) is 0.917. The Bertz CT molecular complexity index is 1020. The van der Waals surface area contributed by atoms with Crippen LogP contribution in [0.4, 0.5) is 0 Å². The van der Waals surface area contributed by atoms with E-state index in [1.807, 2.05) is 0 Å². The molecule has 0 aliphatic rings. The molecule has 0 saturated heterocycles. The Morgan fingerprint density at radius 2 is 0.500 bits per heavy atom. The van der Waals surface area contributed by atoms with E-state index >= 15 is 0 Å². The molecule has 0 aromatic heterocycles. The summed E-state index contributed by atoms with van der Waals surface area (Å²) in [6.45, 7) is 6.69. The van der Waals surface area contributed by atoms with E-state index in [0.29, 0.717) is 19.3 Å². The minimum Gasteiger partial charge on any atom is -0.462 e. The van der Waals surface area contributed by atoms with E-state index in [9.17, 15) is 14.4 Å². The van der Waals surface area contributed by atoms with Gasteiger partial charge in [-0.1, -0.05) is 283 Å². The Kier molecular flexibility index (Phi) is 54.2. The minimum atomic E-state index is -0.769. The van der Waals surface area contributed by atoms with Crippen LogP contribution in [0.15, 0.2) is 12.2 Å². The van der Waals surface area contributed by atoms with Crippen molar-refractivity contribution in [3.8, 4) is 0 Å². The number of carbonyl (C=O) groups excluding carboxylic acids is 3. The maximum atomic E-state index is 12.8. The van der Waals surface area contributed by atoms with Gasteiger partial charge in [0.1, 0.15) is 13.2 Å². The van der Waals surface area contributed by atoms with Gasteiger partial charge < -0.3 is 14.2 Å². The molecule has 0 rings (SSSR count). The molecule has 0 spiro atoms. The highest BCUT2D eigenvalue weighted by atomic mass is 16.6. The number of allylic oxidation sites excluding steroid dienone is 2. The van der Waals surface area contributed by atoms with Crippen LogP contribution in [-0.4, -0.2) is 37.2 Å². The Morgan fingerprint density at radius 1 is 0.288 bits per heavy atom. The molecule has 0 fully saturated rings. The van der Waals surface area contributed by atoms with Crippen molar-refractivity contribution >= 4 is 17.9 Å². The third-order valence-electron chi connectivity index (χ3n) is 13.5. The summed E-state index contributed by atoms with van der Waals surface area (Å²) >= 11 is 0. The van der Waals surface area contributed by atoms with Gasteiger partial charge in [0.15, 0.2) is 6.10 Å². The average molecular weight is 932 g/mol. The van der Waals surface area contributed by atoms with Crippen molar-refractivity contribution < 1.29 is 28.6 Å². The second-order valence-corrected chi connectivity index (χ2v) is 20.3. The smallest absolute Gasteiger partial charge is 0.306 e. The van der Waals surface area contributed by atoms with Gasteiger partial charge in [-0.3, -0.25) is 14.4 Å². The monoisotopic (exact) mass is 931 g/mol. The first-order valence-corrected chi connectivity index (χ1v) is 29.7. The highest BCUT2D eigenvalue weighted by Gasteiger charge is 2.19. The summed E-state index contributed by atoms with van der Waals surface area (Å²) < 4.78 is 16.9. The molecule has 0 heterocycles. The summed E-state index contributed by atoms with van der Waals surface area (Å²) in [6, 6.07) is 0. The van der Waals surface area contributed by atoms with Gasteiger partial charge in [0.2, 0.25) is 0 Å². The van der Waals surface area contributed by atoms with Crippen LogP contribution in [0.3, 0.4) is 0 Å². The van der Waals surface area contributed by atoms with Crippen LogP contribution in [0, 0.1) is 0 Å². The van der Waals surface area contributed by atoms with Gasteiger partial charge >= 0.3 is 17.9 Å². The largest absolute Gasteiger partial charge is 0.462 e. The first-order valence-electron chi connectivity index (χ1n) is 29.7. The standard InChI is InChI=1S/C60H114O6/c1-4-7-10-13-16-19-22-25-28-29-30-33-35-38-41-44-47-50-53-59(62)65-56-57(66-60(63)54-51-48-45-42-39-36-32-27-24-21-18-15-12-9-6-3)55-64-58(61)52-49-46-43-40-37-34-31-26-23-20-17-14-11-8-5-2/h27,32,57H,4-26,28-31,33-56H2,1-3H3/b32-27-. The van der Waals surface area contributed by atoms with Gasteiger partial charge in [0, 0.05) is 19.3 Å². The number of hydrogen-bond donors (Lipinski definition) is 0. The van der Waals surface area contributed by atoms with Crippen LogP contribution in [0.5, 0.6) is 0 Å². The predicted molar refractivity (Wildman–Crippen MR) is 284 cm³/mol. The van der Waals surface area contributed by atoms with Gasteiger partial charge in [0.25, 0.3) is 0 Å². The molecule has 0 N–H and O–H groups in total. The van der Waals surface area contributed by atoms with Crippen molar-refractivity contribution in [2.75, 3.05) is 13.2 Å². The van der Waals surface area contributed by atoms with Crippen LogP contribution in [0.25, 0.3) is 0 Å². The fourth-order valence-electron chi connectivity index (χ4n) is 9.03. The lowest BCUT2D eigenvalue weighted by molar-refractivity contribution is -0.167. The Labute approximate surface area is 411 Å². The van der Waals surface area contributed by atoms with Crippen molar-refractivity contribution in [1.29, 1.82) is 0 Å². The number of hydrogen-bond acceptors (Lipinski definition) is 6. The first-order chi connectivity index (χ1) is 32.5. The normalized spacial score (nSPS) is 12.0. The summed E-state index contributed by atoms with van der Waals surface area (Å²) in [6.07, 6.45) is 63.4. The Morgan fingerprint density at radius 3 is 0.758 bits per heavy atom. The van der Waals surface area contributed by atoms with E-state index in [1.165, 1.54) is 231 Å². The molecule has 0 aromatic rings. The van der Waals surface area contributed by atoms with Crippen LogP contribution in [-0.2, 0) is 28.6 Å². The molecule has 1 unspecified atom stereocenters. The third-order valence-corrected chi connectivity index (χ3v) is 13.5. The predicted octanol–water partition coefficient (Wildman–Crippen LogP) is 19.7. The molecule has 0 aromatic carbocycles. The van der Waals surface area contributed by atoms with E-state index in [2.05, 4.69) is 32.9 Å². The second kappa shape index (κ2) is 55.7. The number of rotatable bonds is 55. The molecule has 0 saturated carbocycles. The molecular weight excluding hydrogens is 817 g/mol. The molecule has 1 atom stereocenters. The number of unbranched alkanes of at least 4 members (excludes halogenated alkanes) is 42. The lowest BCUT2D eigenvalue weighted by atomic mass is 10.0. The summed E-state index contributed by atoms with van der Waals surface area (Å²) in [7, 11) is 0. The highest BCUT2D eigenvalue weighted by Crippen LogP contribution is 2.17. The van der Waals surface area contributed by atoms with Crippen LogP contribution < -0.4 is 0 Å². The molecule has 390 valence electrons. The SMILES string of the molecule is CCCCCCCC/C=C\CCCCCCCC(=O)OC(COC(=O)CCCCCCCCCCCCCCCCC)COC(=O)CCCCCCCCCCCCCCCCCCCC. The van der Waals surface area contributed by atoms with E-state index in [0.717, 1.165) is 64.2 Å². The van der Waals surface area contributed by atoms with E-state index in [-0.39, 0.29) is 31.1 Å². The highest BCUT2D eigenvalue weighted by molar-refractivity contribution is 5.71. The zero-order chi connectivity index (χ0) is 47.9. The quantitative estimate of drug-likeness (QED) is 0.0262. The van der Waals surface area contributed by atoms with Crippen LogP contribution in [0.1, 0.15) is 335 Å². The summed E-state index contributed by atoms with van der Waals surface area (Å²) in [4.78, 5) is 38.2. The molecule has 0 aliphatic heterocycles. The summed E-state index contributed by atoms with van der Waals surface area (Å²) in [5.41, 5.74) is 0. The molecule has 0 radical (unpaired) electrons. The van der Waals surface area contributed by atoms with E-state index < -0.39 is 6.10 Å².